The van der Waals surface area contributed by atoms with Gasteiger partial charge in [-0.25, -0.2) is 17.5 Å². The molecule has 1 aromatic carbocycles. The minimum Gasteiger partial charge on any atom is -0.313 e. The van der Waals surface area contributed by atoms with E-state index < -0.39 is 20.9 Å². The Kier molecular flexibility index (Phi) is 6.50. The molecule has 2 N–H and O–H groups in total. The molecule has 1 aliphatic rings. The van der Waals surface area contributed by atoms with Crippen LogP contribution in [-0.2, 0) is 10.0 Å². The third-order valence-electron chi connectivity index (χ3n) is 2.97. The summed E-state index contributed by atoms with van der Waals surface area (Å²) >= 11 is 11.2. The summed E-state index contributed by atoms with van der Waals surface area (Å²) in [6.07, 6.45) is 1.92. The number of hydrogen-bond donors (Lipinski definition) is 2. The van der Waals surface area contributed by atoms with Gasteiger partial charge in [0.15, 0.2) is 5.82 Å². The fourth-order valence-electron chi connectivity index (χ4n) is 1.93. The highest BCUT2D eigenvalue weighted by atomic mass is 35.5. The first-order chi connectivity index (χ1) is 8.92. The second-order valence-electron chi connectivity index (χ2n) is 4.32. The Bertz CT molecular complexity index is 577. The number of halogens is 4. The van der Waals surface area contributed by atoms with E-state index in [1.807, 2.05) is 0 Å². The highest BCUT2D eigenvalue weighted by Gasteiger charge is 2.23. The Labute approximate surface area is 133 Å². The van der Waals surface area contributed by atoms with Crippen LogP contribution in [0.3, 0.4) is 0 Å². The normalized spacial score (nSPS) is 18.9. The molecule has 1 saturated heterocycles. The second kappa shape index (κ2) is 7.24. The van der Waals surface area contributed by atoms with Crippen LogP contribution in [0.4, 0.5) is 4.39 Å². The van der Waals surface area contributed by atoms with Crippen LogP contribution in [0.1, 0.15) is 12.8 Å². The quantitative estimate of drug-likeness (QED) is 0.808. The van der Waals surface area contributed by atoms with E-state index in [4.69, 9.17) is 23.2 Å². The molecular formula is C11H14Cl3FN2O2S. The number of rotatable bonds is 4. The first-order valence-corrected chi connectivity index (χ1v) is 8.02. The summed E-state index contributed by atoms with van der Waals surface area (Å²) in [5.41, 5.74) is 0. The zero-order valence-corrected chi connectivity index (χ0v) is 13.5. The van der Waals surface area contributed by atoms with Crippen LogP contribution in [0.2, 0.25) is 10.0 Å². The molecule has 20 heavy (non-hydrogen) atoms. The molecule has 0 saturated carbocycles. The van der Waals surface area contributed by atoms with Gasteiger partial charge in [-0.05, 0) is 31.5 Å². The standard InChI is InChI=1S/C11H13Cl2FN2O2S.ClH/c12-8-3-4-9(10(13)11(8)14)19(17,18)16-6-7-2-1-5-15-7;/h3-4,7,15-16H,1-2,5-6H2;1H. The maximum absolute atomic E-state index is 13.5. The fourth-order valence-corrected chi connectivity index (χ4v) is 3.76. The van der Waals surface area contributed by atoms with Crippen molar-refractivity contribution in [3.05, 3.63) is 28.0 Å². The van der Waals surface area contributed by atoms with Crippen molar-refractivity contribution < 1.29 is 12.8 Å². The average Bonchev–Trinajstić information content (AvgIpc) is 2.86. The minimum absolute atomic E-state index is 0. The molecule has 0 spiro atoms. The number of benzene rings is 1. The van der Waals surface area contributed by atoms with Crippen LogP contribution in [-0.4, -0.2) is 27.5 Å². The molecule has 4 nitrogen and oxygen atoms in total. The lowest BCUT2D eigenvalue weighted by molar-refractivity contribution is 0.550. The molecule has 1 fully saturated rings. The molecule has 1 heterocycles. The predicted molar refractivity (Wildman–Crippen MR) is 79.9 cm³/mol. The molecule has 9 heteroatoms. The van der Waals surface area contributed by atoms with Crippen molar-refractivity contribution in [1.82, 2.24) is 10.0 Å². The van der Waals surface area contributed by atoms with Crippen LogP contribution in [0, 0.1) is 5.82 Å². The molecule has 1 unspecified atom stereocenters. The lowest BCUT2D eigenvalue weighted by Gasteiger charge is -2.13. The lowest BCUT2D eigenvalue weighted by Crippen LogP contribution is -2.37. The Hall–Kier alpha value is -0.110. The SMILES string of the molecule is Cl.O=S(=O)(NCC1CCCN1)c1ccc(Cl)c(F)c1Cl. The van der Waals surface area contributed by atoms with E-state index in [-0.39, 0.29) is 34.9 Å². The monoisotopic (exact) mass is 362 g/mol. The summed E-state index contributed by atoms with van der Waals surface area (Å²) < 4.78 is 40.0. The zero-order chi connectivity index (χ0) is 14.0. The van der Waals surface area contributed by atoms with Gasteiger partial charge < -0.3 is 5.32 Å². The maximum Gasteiger partial charge on any atom is 0.242 e. The fraction of sp³-hybridized carbons (Fsp3) is 0.455. The molecule has 1 aromatic rings. The molecule has 0 amide bonds. The smallest absolute Gasteiger partial charge is 0.242 e. The van der Waals surface area contributed by atoms with Gasteiger partial charge in [0.05, 0.1) is 10.0 Å². The van der Waals surface area contributed by atoms with Crippen LogP contribution in [0.15, 0.2) is 17.0 Å². The minimum atomic E-state index is -3.84. The van der Waals surface area contributed by atoms with Gasteiger partial charge in [0, 0.05) is 12.6 Å². The number of sulfonamides is 1. The van der Waals surface area contributed by atoms with Gasteiger partial charge in [-0.15, -0.1) is 12.4 Å². The van der Waals surface area contributed by atoms with Crippen molar-refractivity contribution in [1.29, 1.82) is 0 Å². The van der Waals surface area contributed by atoms with Crippen LogP contribution < -0.4 is 10.0 Å². The highest BCUT2D eigenvalue weighted by molar-refractivity contribution is 7.89. The summed E-state index contributed by atoms with van der Waals surface area (Å²) in [6.45, 7) is 1.13. The van der Waals surface area contributed by atoms with E-state index in [0.717, 1.165) is 19.4 Å². The molecule has 0 bridgehead atoms. The van der Waals surface area contributed by atoms with Crippen LogP contribution in [0.5, 0.6) is 0 Å². The van der Waals surface area contributed by atoms with Crippen molar-refractivity contribution >= 4 is 45.6 Å². The summed E-state index contributed by atoms with van der Waals surface area (Å²) in [6, 6.07) is 2.47. The topological polar surface area (TPSA) is 58.2 Å². The van der Waals surface area contributed by atoms with Crippen LogP contribution >= 0.6 is 35.6 Å². The van der Waals surface area contributed by atoms with Gasteiger partial charge in [-0.2, -0.15) is 0 Å². The first kappa shape index (κ1) is 17.9. The second-order valence-corrected chi connectivity index (χ2v) is 6.84. The molecule has 0 aromatic heterocycles. The Morgan fingerprint density at radius 1 is 1.40 bits per heavy atom. The van der Waals surface area contributed by atoms with Crippen molar-refractivity contribution in [2.45, 2.75) is 23.8 Å². The maximum atomic E-state index is 13.5. The Balaban J connectivity index is 0.00000200. The number of hydrogen-bond acceptors (Lipinski definition) is 3. The molecular weight excluding hydrogens is 350 g/mol. The lowest BCUT2D eigenvalue weighted by atomic mass is 10.2. The number of nitrogens with one attached hydrogen (secondary N) is 2. The van der Waals surface area contributed by atoms with E-state index in [0.29, 0.717) is 0 Å². The van der Waals surface area contributed by atoms with Crippen molar-refractivity contribution in [3.8, 4) is 0 Å². The highest BCUT2D eigenvalue weighted by Crippen LogP contribution is 2.29. The summed E-state index contributed by atoms with van der Waals surface area (Å²) in [5, 5.41) is 2.47. The van der Waals surface area contributed by atoms with E-state index in [1.165, 1.54) is 12.1 Å². The Morgan fingerprint density at radius 3 is 2.70 bits per heavy atom. The molecule has 114 valence electrons. The first-order valence-electron chi connectivity index (χ1n) is 5.78. The molecule has 0 radical (unpaired) electrons. The van der Waals surface area contributed by atoms with Crippen molar-refractivity contribution in [3.63, 3.8) is 0 Å². The predicted octanol–water partition coefficient (Wildman–Crippen LogP) is 2.58. The summed E-state index contributed by atoms with van der Waals surface area (Å²) in [5.74, 6) is -0.926. The van der Waals surface area contributed by atoms with Gasteiger partial charge in [0.25, 0.3) is 0 Å². The third kappa shape index (κ3) is 3.96. The van der Waals surface area contributed by atoms with Gasteiger partial charge >= 0.3 is 0 Å². The zero-order valence-electron chi connectivity index (χ0n) is 10.3. The van der Waals surface area contributed by atoms with Crippen molar-refractivity contribution in [2.24, 2.45) is 0 Å². The van der Waals surface area contributed by atoms with E-state index in [2.05, 4.69) is 10.0 Å². The molecule has 0 aliphatic carbocycles. The van der Waals surface area contributed by atoms with Crippen LogP contribution in [0.25, 0.3) is 0 Å². The van der Waals surface area contributed by atoms with E-state index in [1.54, 1.807) is 0 Å². The van der Waals surface area contributed by atoms with Gasteiger partial charge in [0.2, 0.25) is 10.0 Å². The molecule has 1 atom stereocenters. The van der Waals surface area contributed by atoms with E-state index in [9.17, 15) is 12.8 Å². The average molecular weight is 364 g/mol. The Morgan fingerprint density at radius 2 is 2.10 bits per heavy atom. The third-order valence-corrected chi connectivity index (χ3v) is 5.21. The van der Waals surface area contributed by atoms with Gasteiger partial charge in [0.1, 0.15) is 4.90 Å². The largest absolute Gasteiger partial charge is 0.313 e. The molecule has 2 rings (SSSR count). The van der Waals surface area contributed by atoms with Crippen molar-refractivity contribution in [2.75, 3.05) is 13.1 Å². The summed E-state index contributed by atoms with van der Waals surface area (Å²) in [4.78, 5) is -0.297. The van der Waals surface area contributed by atoms with Gasteiger partial charge in [-0.3, -0.25) is 0 Å². The van der Waals surface area contributed by atoms with E-state index >= 15 is 0 Å². The molecule has 1 aliphatic heterocycles. The van der Waals surface area contributed by atoms with Gasteiger partial charge in [-0.1, -0.05) is 23.2 Å². The summed E-state index contributed by atoms with van der Waals surface area (Å²) in [7, 11) is -3.84.